The zero-order chi connectivity index (χ0) is 12.3. The van der Waals surface area contributed by atoms with Gasteiger partial charge in [-0.15, -0.1) is 10.2 Å². The van der Waals surface area contributed by atoms with Crippen LogP contribution in [-0.4, -0.2) is 17.2 Å². The van der Waals surface area contributed by atoms with E-state index in [-0.39, 0.29) is 0 Å². The van der Waals surface area contributed by atoms with Crippen molar-refractivity contribution in [2.75, 3.05) is 11.9 Å². The molecule has 0 saturated carbocycles. The predicted octanol–water partition coefficient (Wildman–Crippen LogP) is 1.94. The van der Waals surface area contributed by atoms with Crippen molar-refractivity contribution in [3.05, 3.63) is 40.4 Å². The summed E-state index contributed by atoms with van der Waals surface area (Å²) in [6.07, 6.45) is 0. The number of hydrogen-bond acceptors (Lipinski definition) is 5. The van der Waals surface area contributed by atoms with Gasteiger partial charge >= 0.3 is 0 Å². The first-order valence-electron chi connectivity index (χ1n) is 5.48. The molecule has 2 aromatic rings. The van der Waals surface area contributed by atoms with Crippen molar-refractivity contribution < 1.29 is 0 Å². The van der Waals surface area contributed by atoms with Gasteiger partial charge in [-0.05, 0) is 18.1 Å². The molecule has 0 aliphatic carbocycles. The summed E-state index contributed by atoms with van der Waals surface area (Å²) < 4.78 is 0. The smallest absolute Gasteiger partial charge is 0.208 e. The van der Waals surface area contributed by atoms with Gasteiger partial charge in [0.15, 0.2) is 0 Å². The van der Waals surface area contributed by atoms with Crippen molar-refractivity contribution in [3.63, 3.8) is 0 Å². The molecule has 1 aromatic heterocycles. The lowest BCUT2D eigenvalue weighted by Gasteiger charge is -2.15. The van der Waals surface area contributed by atoms with Gasteiger partial charge in [0, 0.05) is 20.1 Å². The summed E-state index contributed by atoms with van der Waals surface area (Å²) in [7, 11) is 2.02. The highest BCUT2D eigenvalue weighted by Gasteiger charge is 2.07. The van der Waals surface area contributed by atoms with Crippen molar-refractivity contribution in [3.8, 4) is 0 Å². The second-order valence-electron chi connectivity index (χ2n) is 3.98. The standard InChI is InChI=1S/C12H16N4S/c1-9-14-15-12(17-9)16(2)8-11-5-3-4-10(6-11)7-13/h3-6H,7-8,13H2,1-2H3. The third kappa shape index (κ3) is 3.01. The number of anilines is 1. The first kappa shape index (κ1) is 12.0. The van der Waals surface area contributed by atoms with E-state index in [2.05, 4.69) is 27.2 Å². The van der Waals surface area contributed by atoms with Crippen LogP contribution in [0, 0.1) is 6.92 Å². The number of hydrogen-bond donors (Lipinski definition) is 1. The summed E-state index contributed by atoms with van der Waals surface area (Å²) in [5.41, 5.74) is 8.03. The van der Waals surface area contributed by atoms with E-state index in [9.17, 15) is 0 Å². The molecule has 1 aromatic carbocycles. The van der Waals surface area contributed by atoms with Gasteiger partial charge in [0.1, 0.15) is 5.01 Å². The van der Waals surface area contributed by atoms with Gasteiger partial charge in [-0.3, -0.25) is 0 Å². The van der Waals surface area contributed by atoms with E-state index in [1.165, 1.54) is 5.56 Å². The number of aryl methyl sites for hydroxylation is 1. The van der Waals surface area contributed by atoms with Crippen LogP contribution in [0.15, 0.2) is 24.3 Å². The van der Waals surface area contributed by atoms with E-state index in [1.54, 1.807) is 11.3 Å². The van der Waals surface area contributed by atoms with Crippen LogP contribution in [0.5, 0.6) is 0 Å². The summed E-state index contributed by atoms with van der Waals surface area (Å²) in [5.74, 6) is 0. The molecule has 0 aliphatic heterocycles. The Bertz CT molecular complexity index is 495. The molecule has 0 fully saturated rings. The molecule has 17 heavy (non-hydrogen) atoms. The average molecular weight is 248 g/mol. The first-order valence-corrected chi connectivity index (χ1v) is 6.30. The summed E-state index contributed by atoms with van der Waals surface area (Å²) in [6, 6.07) is 8.31. The fraction of sp³-hybridized carbons (Fsp3) is 0.333. The number of nitrogens with two attached hydrogens (primary N) is 1. The Morgan fingerprint density at radius 1 is 1.29 bits per heavy atom. The van der Waals surface area contributed by atoms with Crippen molar-refractivity contribution in [2.24, 2.45) is 5.73 Å². The van der Waals surface area contributed by atoms with E-state index in [0.29, 0.717) is 6.54 Å². The molecule has 0 saturated heterocycles. The molecular weight excluding hydrogens is 232 g/mol. The Kier molecular flexibility index (Phi) is 3.71. The van der Waals surface area contributed by atoms with E-state index in [1.807, 2.05) is 26.1 Å². The predicted molar refractivity (Wildman–Crippen MR) is 71.1 cm³/mol. The van der Waals surface area contributed by atoms with E-state index < -0.39 is 0 Å². The molecule has 0 amide bonds. The normalized spacial score (nSPS) is 10.5. The average Bonchev–Trinajstić information content (AvgIpc) is 2.76. The van der Waals surface area contributed by atoms with Crippen molar-refractivity contribution in [1.82, 2.24) is 10.2 Å². The Hall–Kier alpha value is -1.46. The minimum Gasteiger partial charge on any atom is -0.345 e. The highest BCUT2D eigenvalue weighted by molar-refractivity contribution is 7.15. The minimum atomic E-state index is 0.579. The van der Waals surface area contributed by atoms with Crippen LogP contribution in [-0.2, 0) is 13.1 Å². The van der Waals surface area contributed by atoms with Gasteiger partial charge in [-0.25, -0.2) is 0 Å². The fourth-order valence-electron chi connectivity index (χ4n) is 1.64. The van der Waals surface area contributed by atoms with Crippen molar-refractivity contribution in [1.29, 1.82) is 0 Å². The second-order valence-corrected chi connectivity index (χ2v) is 5.14. The number of aromatic nitrogens is 2. The molecule has 4 nitrogen and oxygen atoms in total. The third-order valence-corrected chi connectivity index (χ3v) is 3.44. The fourth-order valence-corrected chi connectivity index (χ4v) is 2.28. The van der Waals surface area contributed by atoms with Crippen molar-refractivity contribution >= 4 is 16.5 Å². The molecule has 2 rings (SSSR count). The molecular formula is C12H16N4S. The highest BCUT2D eigenvalue weighted by atomic mass is 32.1. The molecule has 0 aliphatic rings. The molecule has 0 bridgehead atoms. The van der Waals surface area contributed by atoms with Gasteiger partial charge in [0.25, 0.3) is 0 Å². The summed E-state index contributed by atoms with van der Waals surface area (Å²) in [6.45, 7) is 3.36. The van der Waals surface area contributed by atoms with Gasteiger partial charge in [0.2, 0.25) is 5.13 Å². The summed E-state index contributed by atoms with van der Waals surface area (Å²) in [4.78, 5) is 2.10. The Morgan fingerprint density at radius 3 is 2.71 bits per heavy atom. The lowest BCUT2D eigenvalue weighted by atomic mass is 10.1. The lowest BCUT2D eigenvalue weighted by Crippen LogP contribution is -2.16. The largest absolute Gasteiger partial charge is 0.345 e. The zero-order valence-electron chi connectivity index (χ0n) is 10.1. The highest BCUT2D eigenvalue weighted by Crippen LogP contribution is 2.20. The van der Waals surface area contributed by atoms with Crippen LogP contribution >= 0.6 is 11.3 Å². The van der Waals surface area contributed by atoms with E-state index >= 15 is 0 Å². The maximum atomic E-state index is 5.63. The quantitative estimate of drug-likeness (QED) is 0.898. The van der Waals surface area contributed by atoms with Crippen LogP contribution in [0.25, 0.3) is 0 Å². The van der Waals surface area contributed by atoms with Gasteiger partial charge in [-0.2, -0.15) is 0 Å². The SMILES string of the molecule is Cc1nnc(N(C)Cc2cccc(CN)c2)s1. The van der Waals surface area contributed by atoms with Gasteiger partial charge in [-0.1, -0.05) is 35.6 Å². The Labute approximate surface area is 105 Å². The zero-order valence-corrected chi connectivity index (χ0v) is 10.9. The van der Waals surface area contributed by atoms with Crippen LogP contribution in [0.3, 0.4) is 0 Å². The number of rotatable bonds is 4. The first-order chi connectivity index (χ1) is 8.19. The van der Waals surface area contributed by atoms with Crippen LogP contribution in [0.4, 0.5) is 5.13 Å². The van der Waals surface area contributed by atoms with Gasteiger partial charge in [0.05, 0.1) is 0 Å². The van der Waals surface area contributed by atoms with Crippen molar-refractivity contribution in [2.45, 2.75) is 20.0 Å². The molecule has 0 spiro atoms. The van der Waals surface area contributed by atoms with E-state index in [0.717, 1.165) is 22.2 Å². The molecule has 5 heteroatoms. The maximum Gasteiger partial charge on any atom is 0.208 e. The monoisotopic (exact) mass is 248 g/mol. The Morgan fingerprint density at radius 2 is 2.06 bits per heavy atom. The molecule has 2 N–H and O–H groups in total. The Balaban J connectivity index is 2.09. The number of nitrogens with zero attached hydrogens (tertiary/aromatic N) is 3. The summed E-state index contributed by atoms with van der Waals surface area (Å²) >= 11 is 1.60. The molecule has 0 atom stereocenters. The topological polar surface area (TPSA) is 55.0 Å². The molecule has 0 unspecified atom stereocenters. The van der Waals surface area contributed by atoms with Gasteiger partial charge < -0.3 is 10.6 Å². The molecule has 90 valence electrons. The molecule has 1 heterocycles. The molecule has 0 radical (unpaired) electrons. The number of benzene rings is 1. The second kappa shape index (κ2) is 5.25. The van der Waals surface area contributed by atoms with Crippen LogP contribution in [0.1, 0.15) is 16.1 Å². The minimum absolute atomic E-state index is 0.579. The summed E-state index contributed by atoms with van der Waals surface area (Å²) in [5, 5.41) is 10.1. The van der Waals surface area contributed by atoms with Crippen LogP contribution in [0.2, 0.25) is 0 Å². The van der Waals surface area contributed by atoms with E-state index in [4.69, 9.17) is 5.73 Å². The third-order valence-electron chi connectivity index (χ3n) is 2.49. The maximum absolute atomic E-state index is 5.63. The van der Waals surface area contributed by atoms with Crippen LogP contribution < -0.4 is 10.6 Å². The lowest BCUT2D eigenvalue weighted by molar-refractivity contribution is 0.887.